The standard InChI is InChI=1S/C26H28N2O4/c1-3-28(4-2)26(30)21-10-14-22(15-11-21)27-25(29)20-12-16-24(17-13-20)32-19-18-31-23-8-6-5-7-9-23/h5-17H,3-4,18-19H2,1-2H3,(H,27,29). The minimum atomic E-state index is -0.230. The number of benzene rings is 3. The van der Waals surface area contributed by atoms with Gasteiger partial charge in [-0.2, -0.15) is 0 Å². The van der Waals surface area contributed by atoms with Gasteiger partial charge in [0.1, 0.15) is 24.7 Å². The summed E-state index contributed by atoms with van der Waals surface area (Å²) >= 11 is 0. The monoisotopic (exact) mass is 432 g/mol. The van der Waals surface area contributed by atoms with E-state index in [0.717, 1.165) is 5.75 Å². The number of nitrogens with zero attached hydrogens (tertiary/aromatic N) is 1. The Morgan fingerprint density at radius 3 is 1.81 bits per heavy atom. The number of rotatable bonds is 10. The first-order chi connectivity index (χ1) is 15.6. The molecule has 0 aliphatic heterocycles. The predicted octanol–water partition coefficient (Wildman–Crippen LogP) is 4.88. The highest BCUT2D eigenvalue weighted by atomic mass is 16.5. The maximum Gasteiger partial charge on any atom is 0.255 e. The van der Waals surface area contributed by atoms with Crippen LogP contribution in [0.1, 0.15) is 34.6 Å². The molecule has 0 aliphatic rings. The molecule has 0 fully saturated rings. The van der Waals surface area contributed by atoms with Crippen molar-refractivity contribution < 1.29 is 19.1 Å². The Morgan fingerprint density at radius 2 is 1.25 bits per heavy atom. The van der Waals surface area contributed by atoms with E-state index in [4.69, 9.17) is 9.47 Å². The maximum atomic E-state index is 12.5. The molecule has 2 amide bonds. The minimum Gasteiger partial charge on any atom is -0.490 e. The lowest BCUT2D eigenvalue weighted by molar-refractivity contribution is 0.0773. The number of carbonyl (C=O) groups excluding carboxylic acids is 2. The van der Waals surface area contributed by atoms with Crippen molar-refractivity contribution in [3.63, 3.8) is 0 Å². The van der Waals surface area contributed by atoms with Crippen molar-refractivity contribution >= 4 is 17.5 Å². The maximum absolute atomic E-state index is 12.5. The zero-order valence-corrected chi connectivity index (χ0v) is 18.4. The van der Waals surface area contributed by atoms with Crippen LogP contribution in [0.2, 0.25) is 0 Å². The topological polar surface area (TPSA) is 67.9 Å². The first kappa shape index (κ1) is 22.9. The van der Waals surface area contributed by atoms with Gasteiger partial charge < -0.3 is 19.7 Å². The van der Waals surface area contributed by atoms with Gasteiger partial charge in [0.2, 0.25) is 0 Å². The van der Waals surface area contributed by atoms with E-state index < -0.39 is 0 Å². The van der Waals surface area contributed by atoms with Gasteiger partial charge in [0.15, 0.2) is 0 Å². The molecule has 0 heterocycles. The summed E-state index contributed by atoms with van der Waals surface area (Å²) in [6.07, 6.45) is 0. The van der Waals surface area contributed by atoms with Crippen molar-refractivity contribution in [1.29, 1.82) is 0 Å². The molecule has 3 aromatic carbocycles. The molecule has 0 bridgehead atoms. The second kappa shape index (κ2) is 11.6. The molecular formula is C26H28N2O4. The van der Waals surface area contributed by atoms with E-state index in [9.17, 15) is 9.59 Å². The lowest BCUT2D eigenvalue weighted by atomic mass is 10.1. The third kappa shape index (κ3) is 6.35. The van der Waals surface area contributed by atoms with Crippen LogP contribution in [0.25, 0.3) is 0 Å². The number of para-hydroxylation sites is 1. The molecule has 0 saturated carbocycles. The van der Waals surface area contributed by atoms with E-state index in [1.54, 1.807) is 53.4 Å². The fourth-order valence-corrected chi connectivity index (χ4v) is 3.13. The molecule has 6 heteroatoms. The number of carbonyl (C=O) groups is 2. The summed E-state index contributed by atoms with van der Waals surface area (Å²) in [5.74, 6) is 1.22. The zero-order chi connectivity index (χ0) is 22.8. The average Bonchev–Trinajstić information content (AvgIpc) is 2.84. The van der Waals surface area contributed by atoms with E-state index in [2.05, 4.69) is 5.32 Å². The van der Waals surface area contributed by atoms with Crippen molar-refractivity contribution in [3.05, 3.63) is 90.0 Å². The first-order valence-corrected chi connectivity index (χ1v) is 10.7. The molecule has 32 heavy (non-hydrogen) atoms. The molecule has 0 aliphatic carbocycles. The average molecular weight is 433 g/mol. The van der Waals surface area contributed by atoms with Crippen LogP contribution in [0.4, 0.5) is 5.69 Å². The molecule has 0 saturated heterocycles. The van der Waals surface area contributed by atoms with E-state index in [-0.39, 0.29) is 11.8 Å². The number of ether oxygens (including phenoxy) is 2. The largest absolute Gasteiger partial charge is 0.490 e. The fourth-order valence-electron chi connectivity index (χ4n) is 3.13. The summed E-state index contributed by atoms with van der Waals surface area (Å²) in [4.78, 5) is 26.6. The van der Waals surface area contributed by atoms with Gasteiger partial charge in [-0.1, -0.05) is 18.2 Å². The van der Waals surface area contributed by atoms with Crippen LogP contribution in [-0.2, 0) is 0 Å². The van der Waals surface area contributed by atoms with Crippen LogP contribution in [0.15, 0.2) is 78.9 Å². The molecule has 0 unspecified atom stereocenters. The highest BCUT2D eigenvalue weighted by molar-refractivity contribution is 6.04. The fraction of sp³-hybridized carbons (Fsp3) is 0.231. The van der Waals surface area contributed by atoms with E-state index in [1.807, 2.05) is 44.2 Å². The number of hydrogen-bond donors (Lipinski definition) is 1. The molecule has 1 N–H and O–H groups in total. The van der Waals surface area contributed by atoms with Gasteiger partial charge in [-0.3, -0.25) is 9.59 Å². The van der Waals surface area contributed by atoms with Crippen molar-refractivity contribution in [1.82, 2.24) is 4.90 Å². The van der Waals surface area contributed by atoms with Crippen LogP contribution in [0, 0.1) is 0 Å². The van der Waals surface area contributed by atoms with Crippen LogP contribution < -0.4 is 14.8 Å². The van der Waals surface area contributed by atoms with Crippen molar-refractivity contribution in [2.75, 3.05) is 31.6 Å². The third-order valence-corrected chi connectivity index (χ3v) is 4.92. The molecule has 3 rings (SSSR count). The Bertz CT molecular complexity index is 998. The van der Waals surface area contributed by atoms with Gasteiger partial charge in [-0.05, 0) is 74.5 Å². The molecule has 0 spiro atoms. The number of anilines is 1. The summed E-state index contributed by atoms with van der Waals surface area (Å²) in [5.41, 5.74) is 1.75. The van der Waals surface area contributed by atoms with E-state index >= 15 is 0 Å². The Morgan fingerprint density at radius 1 is 0.719 bits per heavy atom. The summed E-state index contributed by atoms with van der Waals surface area (Å²) in [6, 6.07) is 23.4. The highest BCUT2D eigenvalue weighted by Crippen LogP contribution is 2.16. The van der Waals surface area contributed by atoms with Crippen LogP contribution in [0.3, 0.4) is 0 Å². The second-order valence-electron chi connectivity index (χ2n) is 7.04. The number of nitrogens with one attached hydrogen (secondary N) is 1. The van der Waals surface area contributed by atoms with Crippen molar-refractivity contribution in [2.45, 2.75) is 13.8 Å². The van der Waals surface area contributed by atoms with Gasteiger partial charge >= 0.3 is 0 Å². The lowest BCUT2D eigenvalue weighted by Gasteiger charge is -2.18. The van der Waals surface area contributed by atoms with Gasteiger partial charge in [0, 0.05) is 29.9 Å². The Balaban J connectivity index is 1.48. The smallest absolute Gasteiger partial charge is 0.255 e. The quantitative estimate of drug-likeness (QED) is 0.464. The van der Waals surface area contributed by atoms with Crippen LogP contribution in [0.5, 0.6) is 11.5 Å². The Kier molecular flexibility index (Phi) is 8.26. The number of amides is 2. The van der Waals surface area contributed by atoms with Gasteiger partial charge in [0.25, 0.3) is 11.8 Å². The zero-order valence-electron chi connectivity index (χ0n) is 18.4. The Labute approximate surface area is 188 Å². The SMILES string of the molecule is CCN(CC)C(=O)c1ccc(NC(=O)c2ccc(OCCOc3ccccc3)cc2)cc1. The molecule has 0 radical (unpaired) electrons. The minimum absolute atomic E-state index is 0.0161. The first-order valence-electron chi connectivity index (χ1n) is 10.7. The third-order valence-electron chi connectivity index (χ3n) is 4.92. The van der Waals surface area contributed by atoms with Crippen LogP contribution >= 0.6 is 0 Å². The van der Waals surface area contributed by atoms with Crippen LogP contribution in [-0.4, -0.2) is 43.0 Å². The Hall–Kier alpha value is -3.80. The summed E-state index contributed by atoms with van der Waals surface area (Å²) in [6.45, 7) is 6.05. The summed E-state index contributed by atoms with van der Waals surface area (Å²) in [5, 5.41) is 2.85. The van der Waals surface area contributed by atoms with Crippen molar-refractivity contribution in [3.8, 4) is 11.5 Å². The molecule has 3 aromatic rings. The molecule has 166 valence electrons. The number of hydrogen-bond acceptors (Lipinski definition) is 4. The van der Waals surface area contributed by atoms with E-state index in [1.165, 1.54) is 0 Å². The van der Waals surface area contributed by atoms with Crippen molar-refractivity contribution in [2.24, 2.45) is 0 Å². The molecule has 0 aromatic heterocycles. The normalized spacial score (nSPS) is 10.3. The molecule has 0 atom stereocenters. The summed E-state index contributed by atoms with van der Waals surface area (Å²) < 4.78 is 11.3. The van der Waals surface area contributed by atoms with Gasteiger partial charge in [-0.25, -0.2) is 0 Å². The lowest BCUT2D eigenvalue weighted by Crippen LogP contribution is -2.30. The van der Waals surface area contributed by atoms with E-state index in [0.29, 0.717) is 48.9 Å². The predicted molar refractivity (Wildman–Crippen MR) is 126 cm³/mol. The molecule has 6 nitrogen and oxygen atoms in total. The van der Waals surface area contributed by atoms with Gasteiger partial charge in [0.05, 0.1) is 0 Å². The van der Waals surface area contributed by atoms with Gasteiger partial charge in [-0.15, -0.1) is 0 Å². The second-order valence-corrected chi connectivity index (χ2v) is 7.04. The molecular weight excluding hydrogens is 404 g/mol. The highest BCUT2D eigenvalue weighted by Gasteiger charge is 2.12. The summed E-state index contributed by atoms with van der Waals surface area (Å²) in [7, 11) is 0.